The first-order valence-corrected chi connectivity index (χ1v) is 15.7. The van der Waals surface area contributed by atoms with Gasteiger partial charge < -0.3 is 35.6 Å². The molecule has 1 heterocycles. The standard InChI is InChI=1S/C33H45N7O8/c1-39(20-31(43)44)14-15-40(21-32(45)46)19-30(42)35-13-7-5-4-6-12-34-29(41)16-23-8-10-24(11-9-23)38-33-25-17-27(47-2)28(48-3)18-26(25)36-22-37-33/h8-11,17-18,22H,4-7,12-16,19-21H2,1-3H3,(H,34,41)(H,35,42)(H,43,44)(H,45,46)(H,36,37,38). The largest absolute Gasteiger partial charge is 0.493 e. The van der Waals surface area contributed by atoms with Crippen molar-refractivity contribution in [3.05, 3.63) is 48.3 Å². The van der Waals surface area contributed by atoms with Crippen LogP contribution in [0, 0.1) is 0 Å². The molecule has 3 rings (SSSR count). The topological polar surface area (TPSA) is 196 Å². The van der Waals surface area contributed by atoms with Crippen LogP contribution in [0.3, 0.4) is 0 Å². The number of rotatable bonds is 22. The Labute approximate surface area is 279 Å². The highest BCUT2D eigenvalue weighted by molar-refractivity contribution is 5.93. The second-order valence-corrected chi connectivity index (χ2v) is 11.3. The number of nitrogens with one attached hydrogen (secondary N) is 3. The molecular weight excluding hydrogens is 622 g/mol. The van der Waals surface area contributed by atoms with E-state index in [1.807, 2.05) is 30.3 Å². The summed E-state index contributed by atoms with van der Waals surface area (Å²) in [6.07, 6.45) is 5.05. The monoisotopic (exact) mass is 667 g/mol. The molecule has 5 N–H and O–H groups in total. The van der Waals surface area contributed by atoms with Gasteiger partial charge in [-0.15, -0.1) is 0 Å². The molecule has 0 bridgehead atoms. The van der Waals surface area contributed by atoms with Gasteiger partial charge in [-0.2, -0.15) is 0 Å². The maximum Gasteiger partial charge on any atom is 0.317 e. The molecule has 2 amide bonds. The number of fused-ring (bicyclic) bond motifs is 1. The minimum Gasteiger partial charge on any atom is -0.493 e. The first-order chi connectivity index (χ1) is 23.1. The van der Waals surface area contributed by atoms with Crippen molar-refractivity contribution in [2.24, 2.45) is 0 Å². The van der Waals surface area contributed by atoms with Crippen LogP contribution in [0.2, 0.25) is 0 Å². The summed E-state index contributed by atoms with van der Waals surface area (Å²) in [4.78, 5) is 58.4. The summed E-state index contributed by atoms with van der Waals surface area (Å²) in [5.41, 5.74) is 2.39. The summed E-state index contributed by atoms with van der Waals surface area (Å²) in [5, 5.41) is 27.8. The van der Waals surface area contributed by atoms with Crippen molar-refractivity contribution < 1.29 is 38.9 Å². The van der Waals surface area contributed by atoms with Gasteiger partial charge in [0.15, 0.2) is 11.5 Å². The van der Waals surface area contributed by atoms with E-state index in [1.54, 1.807) is 32.2 Å². The Balaban J connectivity index is 1.31. The molecule has 48 heavy (non-hydrogen) atoms. The second-order valence-electron chi connectivity index (χ2n) is 11.3. The number of hydrogen-bond acceptors (Lipinski definition) is 11. The molecule has 15 heteroatoms. The Morgan fingerprint density at radius 1 is 0.771 bits per heavy atom. The van der Waals surface area contributed by atoms with E-state index in [0.717, 1.165) is 42.3 Å². The molecule has 15 nitrogen and oxygen atoms in total. The number of nitrogens with zero attached hydrogens (tertiary/aromatic N) is 4. The lowest BCUT2D eigenvalue weighted by Crippen LogP contribution is -2.43. The quantitative estimate of drug-likeness (QED) is 0.0979. The number of likely N-dealkylation sites (N-methyl/N-ethyl adjacent to an activating group) is 1. The number of amides is 2. The van der Waals surface area contributed by atoms with Crippen LogP contribution in [-0.2, 0) is 25.6 Å². The van der Waals surface area contributed by atoms with Crippen molar-refractivity contribution in [2.75, 3.05) is 72.4 Å². The van der Waals surface area contributed by atoms with Gasteiger partial charge >= 0.3 is 11.9 Å². The van der Waals surface area contributed by atoms with Gasteiger partial charge in [-0.05, 0) is 43.7 Å². The number of carboxylic acids is 2. The third-order valence-electron chi connectivity index (χ3n) is 7.40. The van der Waals surface area contributed by atoms with Gasteiger partial charge in [0.05, 0.1) is 45.8 Å². The van der Waals surface area contributed by atoms with E-state index < -0.39 is 11.9 Å². The Kier molecular flexibility index (Phi) is 15.3. The van der Waals surface area contributed by atoms with Gasteiger partial charge in [0.2, 0.25) is 11.8 Å². The highest BCUT2D eigenvalue weighted by Crippen LogP contribution is 2.34. The molecule has 260 valence electrons. The number of unbranched alkanes of at least 4 members (excludes halogenated alkanes) is 3. The fourth-order valence-electron chi connectivity index (χ4n) is 4.92. The average Bonchev–Trinajstić information content (AvgIpc) is 3.04. The Morgan fingerprint density at radius 3 is 2.02 bits per heavy atom. The number of benzene rings is 2. The van der Waals surface area contributed by atoms with Gasteiger partial charge in [0.1, 0.15) is 12.1 Å². The number of anilines is 2. The van der Waals surface area contributed by atoms with Crippen LogP contribution in [0.1, 0.15) is 31.2 Å². The zero-order chi connectivity index (χ0) is 34.9. The van der Waals surface area contributed by atoms with Crippen molar-refractivity contribution in [1.29, 1.82) is 0 Å². The third-order valence-corrected chi connectivity index (χ3v) is 7.40. The van der Waals surface area contributed by atoms with Crippen molar-refractivity contribution >= 4 is 46.2 Å². The lowest BCUT2D eigenvalue weighted by atomic mass is 10.1. The highest BCUT2D eigenvalue weighted by Gasteiger charge is 2.16. The van der Waals surface area contributed by atoms with Crippen LogP contribution in [0.4, 0.5) is 11.5 Å². The number of methoxy groups -OCH3 is 2. The van der Waals surface area contributed by atoms with Gasteiger partial charge in [0.25, 0.3) is 0 Å². The molecule has 0 aliphatic carbocycles. The first kappa shape index (κ1) is 37.4. The van der Waals surface area contributed by atoms with Crippen LogP contribution in [-0.4, -0.2) is 121 Å². The SMILES string of the molecule is COc1cc2ncnc(Nc3ccc(CC(=O)NCCCCCCNC(=O)CN(CCN(C)CC(=O)O)CC(=O)O)cc3)c2cc1OC. The maximum absolute atomic E-state index is 12.5. The number of aromatic nitrogens is 2. The number of ether oxygens (including phenoxy) is 2. The summed E-state index contributed by atoms with van der Waals surface area (Å²) in [7, 11) is 4.76. The van der Waals surface area contributed by atoms with Gasteiger partial charge in [0, 0.05) is 43.3 Å². The molecule has 1 aromatic heterocycles. The van der Waals surface area contributed by atoms with E-state index >= 15 is 0 Å². The summed E-state index contributed by atoms with van der Waals surface area (Å²) in [6.45, 7) is 1.05. The Hall–Kier alpha value is -5.02. The Morgan fingerprint density at radius 2 is 1.40 bits per heavy atom. The molecule has 0 radical (unpaired) electrons. The molecule has 0 aliphatic rings. The smallest absolute Gasteiger partial charge is 0.317 e. The van der Waals surface area contributed by atoms with Crippen molar-refractivity contribution in [3.63, 3.8) is 0 Å². The minimum absolute atomic E-state index is 0.0640. The number of aliphatic carboxylic acids is 2. The zero-order valence-corrected chi connectivity index (χ0v) is 27.7. The predicted octanol–water partition coefficient (Wildman–Crippen LogP) is 2.13. The minimum atomic E-state index is -1.06. The predicted molar refractivity (Wildman–Crippen MR) is 180 cm³/mol. The average molecular weight is 668 g/mol. The van der Waals surface area contributed by atoms with Crippen LogP contribution in [0.5, 0.6) is 11.5 Å². The second kappa shape index (κ2) is 19.6. The lowest BCUT2D eigenvalue weighted by Gasteiger charge is -2.22. The number of carbonyl (C=O) groups is 4. The lowest BCUT2D eigenvalue weighted by molar-refractivity contribution is -0.140. The summed E-state index contributed by atoms with van der Waals surface area (Å²) >= 11 is 0. The molecular formula is C33H45N7O8. The summed E-state index contributed by atoms with van der Waals surface area (Å²) in [5.74, 6) is -0.605. The van der Waals surface area contributed by atoms with E-state index in [-0.39, 0.29) is 44.4 Å². The van der Waals surface area contributed by atoms with Gasteiger partial charge in [-0.25, -0.2) is 9.97 Å². The van der Waals surface area contributed by atoms with E-state index in [9.17, 15) is 19.2 Å². The molecule has 0 saturated carbocycles. The van der Waals surface area contributed by atoms with Crippen LogP contribution >= 0.6 is 0 Å². The molecule has 0 fully saturated rings. The number of carbonyl (C=O) groups excluding carboxylic acids is 2. The molecule has 0 saturated heterocycles. The van der Waals surface area contributed by atoms with Gasteiger partial charge in [-0.1, -0.05) is 25.0 Å². The number of hydrogen-bond donors (Lipinski definition) is 5. The van der Waals surface area contributed by atoms with Gasteiger partial charge in [-0.3, -0.25) is 29.0 Å². The normalized spacial score (nSPS) is 11.0. The maximum atomic E-state index is 12.5. The molecule has 2 aromatic carbocycles. The van der Waals surface area contributed by atoms with E-state index in [0.29, 0.717) is 42.5 Å². The molecule has 0 atom stereocenters. The van der Waals surface area contributed by atoms with Crippen molar-refractivity contribution in [3.8, 4) is 11.5 Å². The van der Waals surface area contributed by atoms with E-state index in [2.05, 4.69) is 25.9 Å². The summed E-state index contributed by atoms with van der Waals surface area (Å²) in [6, 6.07) is 11.2. The molecule has 3 aromatic rings. The highest BCUT2D eigenvalue weighted by atomic mass is 16.5. The third kappa shape index (κ3) is 13.0. The molecule has 0 unspecified atom stereocenters. The number of carboxylic acid groups (broad SMARTS) is 2. The van der Waals surface area contributed by atoms with E-state index in [4.69, 9.17) is 19.7 Å². The molecule has 0 spiro atoms. The first-order valence-electron chi connectivity index (χ1n) is 15.7. The van der Waals surface area contributed by atoms with Crippen molar-refractivity contribution in [1.82, 2.24) is 30.4 Å². The van der Waals surface area contributed by atoms with Crippen LogP contribution < -0.4 is 25.4 Å². The summed E-state index contributed by atoms with van der Waals surface area (Å²) < 4.78 is 10.8. The van der Waals surface area contributed by atoms with Crippen molar-refractivity contribution in [2.45, 2.75) is 32.1 Å². The van der Waals surface area contributed by atoms with Crippen LogP contribution in [0.15, 0.2) is 42.7 Å². The zero-order valence-electron chi connectivity index (χ0n) is 27.7. The van der Waals surface area contributed by atoms with E-state index in [1.165, 1.54) is 11.2 Å². The van der Waals surface area contributed by atoms with Crippen LogP contribution in [0.25, 0.3) is 10.9 Å². The molecule has 0 aliphatic heterocycles. The fraction of sp³-hybridized carbons (Fsp3) is 0.455. The Bertz CT molecular complexity index is 1520. The fourth-order valence-corrected chi connectivity index (χ4v) is 4.92.